The van der Waals surface area contributed by atoms with Crippen LogP contribution in [0.3, 0.4) is 0 Å². The lowest BCUT2D eigenvalue weighted by Gasteiger charge is -2.05. The average Bonchev–Trinajstić information content (AvgIpc) is 2.98. The van der Waals surface area contributed by atoms with Crippen molar-refractivity contribution in [3.05, 3.63) is 11.8 Å². The summed E-state index contributed by atoms with van der Waals surface area (Å²) in [6.45, 7) is 2.10. The van der Waals surface area contributed by atoms with Crippen molar-refractivity contribution in [2.75, 3.05) is 7.05 Å². The molecule has 78 valence electrons. The summed E-state index contributed by atoms with van der Waals surface area (Å²) < 4.78 is 0. The van der Waals surface area contributed by atoms with Gasteiger partial charge >= 0.3 is 0 Å². The third-order valence-electron chi connectivity index (χ3n) is 2.34. The molecule has 0 aromatic rings. The van der Waals surface area contributed by atoms with Gasteiger partial charge in [0.25, 0.3) is 0 Å². The van der Waals surface area contributed by atoms with Crippen LogP contribution in [-0.4, -0.2) is 19.2 Å². The maximum Gasteiger partial charge on any atom is 0.211 e. The maximum atomic E-state index is 10.4. The predicted octanol–water partition coefficient (Wildman–Crippen LogP) is 1.90. The minimum Gasteiger partial charge on any atom is -0.332 e. The molecule has 0 aromatic heterocycles. The molecular weight excluding hydrogens is 176 g/mol. The molecule has 1 aliphatic carbocycles. The molecule has 3 nitrogen and oxygen atoms in total. The Morgan fingerprint density at radius 1 is 1.57 bits per heavy atom. The zero-order valence-corrected chi connectivity index (χ0v) is 8.92. The van der Waals surface area contributed by atoms with Crippen LogP contribution >= 0.6 is 0 Å². The minimum absolute atomic E-state index is 0.639. The number of amides is 1. The van der Waals surface area contributed by atoms with E-state index in [1.54, 1.807) is 0 Å². The van der Waals surface area contributed by atoms with Gasteiger partial charge in [-0.1, -0.05) is 13.3 Å². The molecule has 0 spiro atoms. The van der Waals surface area contributed by atoms with E-state index in [2.05, 4.69) is 17.2 Å². The first-order valence-electron chi connectivity index (χ1n) is 5.19. The second-order valence-corrected chi connectivity index (χ2v) is 3.60. The zero-order valence-electron chi connectivity index (χ0n) is 8.92. The van der Waals surface area contributed by atoms with Crippen LogP contribution in [0.1, 0.15) is 32.6 Å². The summed E-state index contributed by atoms with van der Waals surface area (Å²) in [5.41, 5.74) is 2.11. The fourth-order valence-electron chi connectivity index (χ4n) is 1.45. The van der Waals surface area contributed by atoms with Gasteiger partial charge < -0.3 is 5.32 Å². The zero-order chi connectivity index (χ0) is 10.4. The van der Waals surface area contributed by atoms with Crippen LogP contribution in [0.2, 0.25) is 0 Å². The Morgan fingerprint density at radius 2 is 2.29 bits per heavy atom. The van der Waals surface area contributed by atoms with Gasteiger partial charge in [0.05, 0.1) is 0 Å². The Bertz CT molecular complexity index is 252. The van der Waals surface area contributed by atoms with Crippen molar-refractivity contribution in [2.45, 2.75) is 32.6 Å². The second-order valence-electron chi connectivity index (χ2n) is 3.60. The second kappa shape index (κ2) is 5.58. The van der Waals surface area contributed by atoms with Crippen LogP contribution in [0.25, 0.3) is 0 Å². The molecule has 0 unspecified atom stereocenters. The van der Waals surface area contributed by atoms with Crippen LogP contribution < -0.4 is 5.32 Å². The van der Waals surface area contributed by atoms with Gasteiger partial charge in [0, 0.05) is 24.4 Å². The molecule has 0 aliphatic heterocycles. The topological polar surface area (TPSA) is 41.5 Å². The third-order valence-corrected chi connectivity index (χ3v) is 2.34. The maximum absolute atomic E-state index is 10.4. The van der Waals surface area contributed by atoms with Crippen LogP contribution in [0.15, 0.2) is 16.8 Å². The lowest BCUT2D eigenvalue weighted by atomic mass is 10.1. The number of nitrogens with zero attached hydrogens (tertiary/aromatic N) is 1. The van der Waals surface area contributed by atoms with Crippen molar-refractivity contribution in [2.24, 2.45) is 10.9 Å². The Hall–Kier alpha value is -1.12. The summed E-state index contributed by atoms with van der Waals surface area (Å²) in [6.07, 6.45) is 7.18. The molecule has 1 aliphatic rings. The molecule has 1 saturated carbocycles. The van der Waals surface area contributed by atoms with Crippen molar-refractivity contribution < 1.29 is 4.79 Å². The summed E-state index contributed by atoms with van der Waals surface area (Å²) >= 11 is 0. The van der Waals surface area contributed by atoms with Crippen molar-refractivity contribution >= 4 is 12.1 Å². The quantitative estimate of drug-likeness (QED) is 0.509. The lowest BCUT2D eigenvalue weighted by molar-refractivity contribution is -0.108. The summed E-state index contributed by atoms with van der Waals surface area (Å²) in [4.78, 5) is 14.6. The molecule has 0 aromatic carbocycles. The number of carbonyl (C=O) groups excluding carboxylic acids is 1. The van der Waals surface area contributed by atoms with E-state index in [1.807, 2.05) is 13.1 Å². The fraction of sp³-hybridized carbons (Fsp3) is 0.636. The van der Waals surface area contributed by atoms with E-state index in [9.17, 15) is 4.79 Å². The lowest BCUT2D eigenvalue weighted by Crippen LogP contribution is -2.12. The molecule has 0 atom stereocenters. The first-order chi connectivity index (χ1) is 6.81. The van der Waals surface area contributed by atoms with Gasteiger partial charge in [-0.05, 0) is 25.3 Å². The number of carbonyl (C=O) groups is 1. The highest BCUT2D eigenvalue weighted by molar-refractivity contribution is 5.99. The van der Waals surface area contributed by atoms with Crippen LogP contribution in [0.5, 0.6) is 0 Å². The smallest absolute Gasteiger partial charge is 0.211 e. The van der Waals surface area contributed by atoms with Gasteiger partial charge in [0.15, 0.2) is 0 Å². The predicted molar refractivity (Wildman–Crippen MR) is 58.3 cm³/mol. The van der Waals surface area contributed by atoms with E-state index in [-0.39, 0.29) is 0 Å². The fourth-order valence-corrected chi connectivity index (χ4v) is 1.45. The average molecular weight is 194 g/mol. The van der Waals surface area contributed by atoms with Gasteiger partial charge in [-0.15, -0.1) is 0 Å². The van der Waals surface area contributed by atoms with E-state index in [1.165, 1.54) is 12.8 Å². The van der Waals surface area contributed by atoms with Gasteiger partial charge in [0.1, 0.15) is 0 Å². The largest absolute Gasteiger partial charge is 0.332 e. The standard InChI is InChI=1S/C11H18N2O/c1-3-4-10(13-8-14)7-11(12-2)9-5-6-9/h7-9H,3-6H2,1-2H3,(H,13,14)/b10-7+,12-11+. The summed E-state index contributed by atoms with van der Waals surface area (Å²) in [6, 6.07) is 0. The normalized spacial score (nSPS) is 18.1. The van der Waals surface area contributed by atoms with E-state index in [4.69, 9.17) is 0 Å². The Labute approximate surface area is 85.3 Å². The van der Waals surface area contributed by atoms with Crippen molar-refractivity contribution in [1.82, 2.24) is 5.32 Å². The molecule has 0 radical (unpaired) electrons. The van der Waals surface area contributed by atoms with E-state index in [0.717, 1.165) is 30.7 Å². The highest BCUT2D eigenvalue weighted by Crippen LogP contribution is 2.31. The number of aliphatic imine (C=N–C) groups is 1. The van der Waals surface area contributed by atoms with Gasteiger partial charge in [0.2, 0.25) is 6.41 Å². The Morgan fingerprint density at radius 3 is 2.71 bits per heavy atom. The third kappa shape index (κ3) is 3.32. The molecule has 0 saturated heterocycles. The number of hydrogen-bond acceptors (Lipinski definition) is 2. The molecule has 3 heteroatoms. The summed E-state index contributed by atoms with van der Waals surface area (Å²) in [7, 11) is 1.81. The van der Waals surface area contributed by atoms with E-state index >= 15 is 0 Å². The van der Waals surface area contributed by atoms with Crippen LogP contribution in [0, 0.1) is 5.92 Å². The molecule has 0 heterocycles. The molecular formula is C11H18N2O. The molecule has 1 fully saturated rings. The van der Waals surface area contributed by atoms with Crippen LogP contribution in [0.4, 0.5) is 0 Å². The highest BCUT2D eigenvalue weighted by Gasteiger charge is 2.25. The molecule has 0 bridgehead atoms. The summed E-state index contributed by atoms with van der Waals surface area (Å²) in [5.74, 6) is 0.639. The molecule has 1 amide bonds. The minimum atomic E-state index is 0.639. The molecule has 14 heavy (non-hydrogen) atoms. The van der Waals surface area contributed by atoms with Gasteiger partial charge in [-0.3, -0.25) is 9.79 Å². The Kier molecular flexibility index (Phi) is 4.36. The SMILES string of the molecule is CCC/C(=C\C(=N/C)C1CC1)NC=O. The van der Waals surface area contributed by atoms with Crippen molar-refractivity contribution in [3.8, 4) is 0 Å². The number of nitrogens with one attached hydrogen (secondary N) is 1. The Balaban J connectivity index is 2.62. The van der Waals surface area contributed by atoms with Crippen molar-refractivity contribution in [3.63, 3.8) is 0 Å². The monoisotopic (exact) mass is 194 g/mol. The first-order valence-corrected chi connectivity index (χ1v) is 5.19. The molecule has 1 rings (SSSR count). The van der Waals surface area contributed by atoms with Gasteiger partial charge in [-0.2, -0.15) is 0 Å². The van der Waals surface area contributed by atoms with E-state index < -0.39 is 0 Å². The molecule has 1 N–H and O–H groups in total. The van der Waals surface area contributed by atoms with Crippen LogP contribution in [-0.2, 0) is 4.79 Å². The first kappa shape index (κ1) is 11.0. The van der Waals surface area contributed by atoms with Crippen molar-refractivity contribution in [1.29, 1.82) is 0 Å². The number of hydrogen-bond donors (Lipinski definition) is 1. The number of allylic oxidation sites excluding steroid dienone is 2. The summed E-state index contributed by atoms with van der Waals surface area (Å²) in [5, 5.41) is 2.73. The number of rotatable bonds is 6. The highest BCUT2D eigenvalue weighted by atomic mass is 16.1. The van der Waals surface area contributed by atoms with E-state index in [0.29, 0.717) is 5.92 Å². The van der Waals surface area contributed by atoms with Gasteiger partial charge in [-0.25, -0.2) is 0 Å².